The van der Waals surface area contributed by atoms with Crippen molar-refractivity contribution >= 4 is 49.7 Å². The zero-order chi connectivity index (χ0) is 22.8. The van der Waals surface area contributed by atoms with Crippen molar-refractivity contribution in [1.82, 2.24) is 9.99 Å². The van der Waals surface area contributed by atoms with E-state index in [1.54, 1.807) is 18.3 Å². The van der Waals surface area contributed by atoms with Gasteiger partial charge >= 0.3 is 0 Å². The molecule has 5 aromatic rings. The summed E-state index contributed by atoms with van der Waals surface area (Å²) >= 11 is 3.31. The summed E-state index contributed by atoms with van der Waals surface area (Å²) in [6.45, 7) is 0.716. The van der Waals surface area contributed by atoms with Crippen molar-refractivity contribution in [1.29, 1.82) is 0 Å². The van der Waals surface area contributed by atoms with Gasteiger partial charge in [-0.15, -0.1) is 0 Å². The van der Waals surface area contributed by atoms with Gasteiger partial charge in [-0.3, -0.25) is 4.79 Å². The molecule has 1 amide bonds. The molecule has 0 aliphatic heterocycles. The third-order valence-electron chi connectivity index (χ3n) is 5.61. The Morgan fingerprint density at radius 2 is 1.73 bits per heavy atom. The number of nitrogens with zero attached hydrogens (tertiary/aromatic N) is 2. The fraction of sp³-hybridized carbons (Fsp3) is 0.0370. The van der Waals surface area contributed by atoms with Gasteiger partial charge in [-0.25, -0.2) is 5.43 Å². The molecule has 5 rings (SSSR count). The molecule has 5 nitrogen and oxygen atoms in total. The smallest absolute Gasteiger partial charge is 0.275 e. The van der Waals surface area contributed by atoms with Gasteiger partial charge in [0.2, 0.25) is 0 Å². The van der Waals surface area contributed by atoms with Gasteiger partial charge in [0.15, 0.2) is 0 Å². The molecular weight excluding hydrogens is 478 g/mol. The van der Waals surface area contributed by atoms with Crippen molar-refractivity contribution in [3.63, 3.8) is 0 Å². The minimum atomic E-state index is -0.482. The molecule has 4 aromatic carbocycles. The Hall–Kier alpha value is -3.90. The Morgan fingerprint density at radius 3 is 2.61 bits per heavy atom. The summed E-state index contributed by atoms with van der Waals surface area (Å²) in [5.74, 6) is -0.581. The summed E-state index contributed by atoms with van der Waals surface area (Å²) in [6.07, 6.45) is 3.67. The maximum atomic E-state index is 12.4. The highest BCUT2D eigenvalue weighted by atomic mass is 79.9. The van der Waals surface area contributed by atoms with E-state index in [-0.39, 0.29) is 11.3 Å². The van der Waals surface area contributed by atoms with Crippen LogP contribution in [-0.2, 0) is 6.54 Å². The topological polar surface area (TPSA) is 66.6 Å². The van der Waals surface area contributed by atoms with E-state index in [4.69, 9.17) is 0 Å². The van der Waals surface area contributed by atoms with Crippen molar-refractivity contribution in [2.24, 2.45) is 5.10 Å². The fourth-order valence-electron chi connectivity index (χ4n) is 4.03. The number of nitrogens with one attached hydrogen (secondary N) is 1. The number of phenols is 1. The number of aromatic nitrogens is 1. The number of halogens is 1. The SMILES string of the molecule is O=C(N/N=C/c1cn(Cc2cccc3ccccc23)c2ccccc12)c1cc(Br)ccc1O. The summed E-state index contributed by atoms with van der Waals surface area (Å²) in [4.78, 5) is 12.4. The van der Waals surface area contributed by atoms with Crippen molar-refractivity contribution in [2.75, 3.05) is 0 Å². The minimum absolute atomic E-state index is 0.0995. The molecule has 0 unspecified atom stereocenters. The van der Waals surface area contributed by atoms with E-state index in [2.05, 4.69) is 73.5 Å². The molecule has 1 heterocycles. The number of benzene rings is 4. The zero-order valence-electron chi connectivity index (χ0n) is 17.6. The molecule has 6 heteroatoms. The highest BCUT2D eigenvalue weighted by Gasteiger charge is 2.12. The lowest BCUT2D eigenvalue weighted by Gasteiger charge is -2.09. The molecule has 1 aromatic heterocycles. The van der Waals surface area contributed by atoms with Gasteiger partial charge in [0.1, 0.15) is 5.75 Å². The van der Waals surface area contributed by atoms with E-state index < -0.39 is 5.91 Å². The zero-order valence-corrected chi connectivity index (χ0v) is 19.2. The number of carbonyl (C=O) groups excluding carboxylic acids is 1. The molecular formula is C27H20BrN3O2. The molecule has 162 valence electrons. The normalized spacial score (nSPS) is 11.4. The summed E-state index contributed by atoms with van der Waals surface area (Å²) < 4.78 is 2.89. The number of hydrazone groups is 1. The largest absolute Gasteiger partial charge is 0.507 e. The van der Waals surface area contributed by atoms with Crippen LogP contribution in [-0.4, -0.2) is 21.8 Å². The number of phenolic OH excluding ortho intramolecular Hbond substituents is 1. The molecule has 0 radical (unpaired) electrons. The molecule has 0 spiro atoms. The van der Waals surface area contributed by atoms with Crippen molar-refractivity contribution in [3.05, 3.63) is 112 Å². The second-order valence-electron chi connectivity index (χ2n) is 7.73. The van der Waals surface area contributed by atoms with Crippen LogP contribution in [0, 0.1) is 0 Å². The van der Waals surface area contributed by atoms with E-state index in [9.17, 15) is 9.90 Å². The molecule has 0 aliphatic carbocycles. The lowest BCUT2D eigenvalue weighted by atomic mass is 10.0. The third-order valence-corrected chi connectivity index (χ3v) is 6.11. The van der Waals surface area contributed by atoms with Crippen LogP contribution in [0.4, 0.5) is 0 Å². The molecule has 0 saturated carbocycles. The van der Waals surface area contributed by atoms with Crippen LogP contribution in [0.1, 0.15) is 21.5 Å². The number of amides is 1. The fourth-order valence-corrected chi connectivity index (χ4v) is 4.39. The molecule has 0 saturated heterocycles. The summed E-state index contributed by atoms with van der Waals surface area (Å²) in [7, 11) is 0. The molecule has 2 N–H and O–H groups in total. The maximum Gasteiger partial charge on any atom is 0.275 e. The average molecular weight is 498 g/mol. The first-order chi connectivity index (χ1) is 16.1. The molecule has 0 bridgehead atoms. The predicted molar refractivity (Wildman–Crippen MR) is 136 cm³/mol. The number of carbonyl (C=O) groups is 1. The monoisotopic (exact) mass is 497 g/mol. The van der Waals surface area contributed by atoms with Gasteiger partial charge in [0.05, 0.1) is 11.8 Å². The first-order valence-electron chi connectivity index (χ1n) is 10.5. The van der Waals surface area contributed by atoms with E-state index in [1.807, 2.05) is 30.5 Å². The van der Waals surface area contributed by atoms with E-state index in [0.717, 1.165) is 16.5 Å². The summed E-state index contributed by atoms with van der Waals surface area (Å²) in [5, 5.41) is 17.6. The molecule has 0 atom stereocenters. The lowest BCUT2D eigenvalue weighted by molar-refractivity contribution is 0.0952. The predicted octanol–water partition coefficient (Wildman–Crippen LogP) is 6.07. The van der Waals surface area contributed by atoms with Gasteiger partial charge in [-0.1, -0.05) is 76.6 Å². The van der Waals surface area contributed by atoms with Crippen LogP contribution in [0.15, 0.2) is 101 Å². The Labute approximate surface area is 199 Å². The van der Waals surface area contributed by atoms with Crippen LogP contribution in [0.3, 0.4) is 0 Å². The lowest BCUT2D eigenvalue weighted by Crippen LogP contribution is -2.17. The van der Waals surface area contributed by atoms with Crippen molar-refractivity contribution in [3.8, 4) is 5.75 Å². The Kier molecular flexibility index (Phi) is 5.67. The van der Waals surface area contributed by atoms with Gasteiger partial charge < -0.3 is 9.67 Å². The Balaban J connectivity index is 1.44. The average Bonchev–Trinajstić information content (AvgIpc) is 3.18. The highest BCUT2D eigenvalue weighted by Crippen LogP contribution is 2.25. The number of aromatic hydroxyl groups is 1. The summed E-state index contributed by atoms with van der Waals surface area (Å²) in [6, 6.07) is 27.5. The van der Waals surface area contributed by atoms with Gasteiger partial charge in [-0.2, -0.15) is 5.10 Å². The van der Waals surface area contributed by atoms with E-state index >= 15 is 0 Å². The number of fused-ring (bicyclic) bond motifs is 2. The second kappa shape index (κ2) is 8.92. The van der Waals surface area contributed by atoms with Gasteiger partial charge in [0, 0.05) is 33.7 Å². The quantitative estimate of drug-likeness (QED) is 0.228. The highest BCUT2D eigenvalue weighted by molar-refractivity contribution is 9.10. The maximum absolute atomic E-state index is 12.4. The number of rotatable bonds is 5. The van der Waals surface area contributed by atoms with Crippen LogP contribution < -0.4 is 5.43 Å². The van der Waals surface area contributed by atoms with Gasteiger partial charge in [0.25, 0.3) is 5.91 Å². The molecule has 33 heavy (non-hydrogen) atoms. The number of para-hydroxylation sites is 1. The van der Waals surface area contributed by atoms with Crippen LogP contribution in [0.25, 0.3) is 21.7 Å². The van der Waals surface area contributed by atoms with E-state index in [1.165, 1.54) is 22.4 Å². The van der Waals surface area contributed by atoms with Crippen LogP contribution in [0.2, 0.25) is 0 Å². The van der Waals surface area contributed by atoms with E-state index in [0.29, 0.717) is 11.0 Å². The summed E-state index contributed by atoms with van der Waals surface area (Å²) in [5.41, 5.74) is 5.87. The third kappa shape index (κ3) is 4.25. The minimum Gasteiger partial charge on any atom is -0.507 e. The van der Waals surface area contributed by atoms with Crippen molar-refractivity contribution < 1.29 is 9.90 Å². The second-order valence-corrected chi connectivity index (χ2v) is 8.64. The van der Waals surface area contributed by atoms with Crippen LogP contribution >= 0.6 is 15.9 Å². The Morgan fingerprint density at radius 1 is 0.970 bits per heavy atom. The number of hydrogen-bond acceptors (Lipinski definition) is 3. The Bertz CT molecular complexity index is 1520. The van der Waals surface area contributed by atoms with Gasteiger partial charge in [-0.05, 0) is 40.6 Å². The van der Waals surface area contributed by atoms with Crippen molar-refractivity contribution in [2.45, 2.75) is 6.54 Å². The first kappa shape index (κ1) is 21.0. The first-order valence-corrected chi connectivity index (χ1v) is 11.3. The number of hydrogen-bond donors (Lipinski definition) is 2. The molecule has 0 aliphatic rings. The molecule has 0 fully saturated rings. The van der Waals surface area contributed by atoms with Crippen LogP contribution in [0.5, 0.6) is 5.75 Å². The standard InChI is InChI=1S/C27H20BrN3O2/c28-21-12-13-26(32)24(14-21)27(33)30-29-15-20-17-31(25-11-4-3-10-23(20)25)16-19-8-5-7-18-6-1-2-9-22(18)19/h1-15,17,32H,16H2,(H,30,33)/b29-15+.